The first-order valence-corrected chi connectivity index (χ1v) is 11.1. The zero-order chi connectivity index (χ0) is 22.0. The van der Waals surface area contributed by atoms with Gasteiger partial charge in [-0.1, -0.05) is 23.9 Å². The molecular formula is C21H17N3O5S2. The van der Waals surface area contributed by atoms with E-state index in [1.165, 1.54) is 30.0 Å². The van der Waals surface area contributed by atoms with Crippen molar-refractivity contribution in [2.24, 2.45) is 0 Å². The minimum absolute atomic E-state index is 0.310. The average Bonchev–Trinajstić information content (AvgIpc) is 3.25. The number of carbonyl (C=O) groups excluding carboxylic acids is 4. The number of nitrogens with zero attached hydrogens (tertiary/aromatic N) is 2. The minimum atomic E-state index is -0.468. The van der Waals surface area contributed by atoms with Gasteiger partial charge in [0.15, 0.2) is 4.34 Å². The van der Waals surface area contributed by atoms with Crippen molar-refractivity contribution in [3.63, 3.8) is 0 Å². The molecule has 2 heterocycles. The molecule has 31 heavy (non-hydrogen) atoms. The Kier molecular flexibility index (Phi) is 6.01. The van der Waals surface area contributed by atoms with E-state index in [2.05, 4.69) is 10.3 Å². The van der Waals surface area contributed by atoms with Gasteiger partial charge in [0.05, 0.1) is 21.3 Å². The highest BCUT2D eigenvalue weighted by Crippen LogP contribution is 2.31. The molecule has 2 aromatic carbocycles. The summed E-state index contributed by atoms with van der Waals surface area (Å²) in [6.07, 6.45) is 0. The maximum absolute atomic E-state index is 12.5. The fourth-order valence-electron chi connectivity index (χ4n) is 3.08. The van der Waals surface area contributed by atoms with Crippen molar-refractivity contribution in [3.8, 4) is 0 Å². The van der Waals surface area contributed by atoms with Crippen LogP contribution in [0.3, 0.4) is 0 Å². The lowest BCUT2D eigenvalue weighted by Crippen LogP contribution is -2.37. The molecule has 8 nitrogen and oxygen atoms in total. The van der Waals surface area contributed by atoms with E-state index in [9.17, 15) is 19.2 Å². The van der Waals surface area contributed by atoms with Gasteiger partial charge in [0, 0.05) is 18.4 Å². The van der Waals surface area contributed by atoms with Crippen molar-refractivity contribution in [1.82, 2.24) is 9.88 Å². The first-order valence-electron chi connectivity index (χ1n) is 9.34. The highest BCUT2D eigenvalue weighted by molar-refractivity contribution is 8.01. The second-order valence-corrected chi connectivity index (χ2v) is 9.01. The second kappa shape index (κ2) is 8.86. The molecule has 0 radical (unpaired) electrons. The fourth-order valence-corrected chi connectivity index (χ4v) is 5.08. The molecule has 3 aromatic rings. The molecule has 0 spiro atoms. The molecule has 0 saturated carbocycles. The summed E-state index contributed by atoms with van der Waals surface area (Å²) in [7, 11) is 0. The van der Waals surface area contributed by atoms with Gasteiger partial charge in [0.1, 0.15) is 13.2 Å². The summed E-state index contributed by atoms with van der Waals surface area (Å²) in [5.74, 6) is -1.11. The molecule has 10 heteroatoms. The third-order valence-electron chi connectivity index (χ3n) is 4.45. The Labute approximate surface area is 185 Å². The third kappa shape index (κ3) is 4.59. The van der Waals surface area contributed by atoms with Crippen molar-refractivity contribution in [1.29, 1.82) is 0 Å². The monoisotopic (exact) mass is 455 g/mol. The molecule has 1 N–H and O–H groups in total. The van der Waals surface area contributed by atoms with Crippen molar-refractivity contribution >= 4 is 62.7 Å². The number of nitrogens with one attached hydrogen (secondary N) is 1. The van der Waals surface area contributed by atoms with Crippen molar-refractivity contribution < 1.29 is 23.9 Å². The summed E-state index contributed by atoms with van der Waals surface area (Å²) >= 11 is 2.95. The minimum Gasteiger partial charge on any atom is -0.465 e. The first-order chi connectivity index (χ1) is 14.9. The van der Waals surface area contributed by atoms with Gasteiger partial charge in [-0.3, -0.25) is 24.1 Å². The van der Waals surface area contributed by atoms with E-state index in [0.717, 1.165) is 19.5 Å². The number of hydrogen-bond acceptors (Lipinski definition) is 8. The van der Waals surface area contributed by atoms with E-state index >= 15 is 0 Å². The van der Waals surface area contributed by atoms with Crippen LogP contribution >= 0.6 is 23.1 Å². The average molecular weight is 456 g/mol. The van der Waals surface area contributed by atoms with Gasteiger partial charge >= 0.3 is 5.97 Å². The molecule has 1 aliphatic rings. The van der Waals surface area contributed by atoms with Crippen molar-refractivity contribution in [2.75, 3.05) is 24.2 Å². The Hall–Kier alpha value is -3.24. The number of esters is 1. The van der Waals surface area contributed by atoms with Gasteiger partial charge in [-0.2, -0.15) is 0 Å². The smallest absolute Gasteiger partial charge is 0.302 e. The van der Waals surface area contributed by atoms with Gasteiger partial charge < -0.3 is 10.1 Å². The molecular weight excluding hydrogens is 438 g/mol. The summed E-state index contributed by atoms with van der Waals surface area (Å²) in [5.41, 5.74) is 1.96. The zero-order valence-electron chi connectivity index (χ0n) is 16.4. The van der Waals surface area contributed by atoms with E-state index in [1.54, 1.807) is 42.5 Å². The maximum Gasteiger partial charge on any atom is 0.302 e. The summed E-state index contributed by atoms with van der Waals surface area (Å²) in [6.45, 7) is 1.33. The Bertz CT molecular complexity index is 1170. The van der Waals surface area contributed by atoms with Crippen LogP contribution in [0, 0.1) is 0 Å². The van der Waals surface area contributed by atoms with E-state index in [1.807, 2.05) is 0 Å². The molecule has 0 unspecified atom stereocenters. The number of hydrogen-bond donors (Lipinski definition) is 1. The Balaban J connectivity index is 1.38. The van der Waals surface area contributed by atoms with Gasteiger partial charge in [-0.15, -0.1) is 11.3 Å². The van der Waals surface area contributed by atoms with Crippen LogP contribution in [0.15, 0.2) is 46.8 Å². The second-order valence-electron chi connectivity index (χ2n) is 6.64. The van der Waals surface area contributed by atoms with E-state index in [4.69, 9.17) is 4.74 Å². The normalized spacial score (nSPS) is 12.9. The number of fused-ring (bicyclic) bond motifs is 2. The highest BCUT2D eigenvalue weighted by atomic mass is 32.2. The van der Waals surface area contributed by atoms with Crippen LogP contribution in [0.25, 0.3) is 10.2 Å². The zero-order valence-corrected chi connectivity index (χ0v) is 18.0. The summed E-state index contributed by atoms with van der Waals surface area (Å²) in [6, 6.07) is 11.8. The molecule has 3 amide bonds. The number of benzene rings is 2. The van der Waals surface area contributed by atoms with Crippen LogP contribution in [-0.2, 0) is 14.3 Å². The quantitative estimate of drug-likeness (QED) is 0.252. The molecule has 0 aliphatic carbocycles. The Morgan fingerprint density at radius 3 is 2.52 bits per heavy atom. The predicted molar refractivity (Wildman–Crippen MR) is 117 cm³/mol. The van der Waals surface area contributed by atoms with Crippen LogP contribution in [0.1, 0.15) is 27.6 Å². The first kappa shape index (κ1) is 21.0. The predicted octanol–water partition coefficient (Wildman–Crippen LogP) is 3.19. The maximum atomic E-state index is 12.5. The van der Waals surface area contributed by atoms with Crippen LogP contribution in [0.2, 0.25) is 0 Å². The third-order valence-corrected chi connectivity index (χ3v) is 6.57. The van der Waals surface area contributed by atoms with E-state index in [-0.39, 0.29) is 12.5 Å². The largest absolute Gasteiger partial charge is 0.465 e. The number of thioether (sulfide) groups is 1. The van der Waals surface area contributed by atoms with Crippen molar-refractivity contribution in [2.45, 2.75) is 11.3 Å². The summed E-state index contributed by atoms with van der Waals surface area (Å²) in [4.78, 5) is 53.5. The van der Waals surface area contributed by atoms with E-state index in [0.29, 0.717) is 29.2 Å². The number of ether oxygens (including phenoxy) is 1. The number of imide groups is 1. The number of aromatic nitrogens is 1. The van der Waals surface area contributed by atoms with Gasteiger partial charge in [-0.05, 0) is 30.3 Å². The number of anilines is 1. The molecule has 0 saturated heterocycles. The lowest BCUT2D eigenvalue weighted by atomic mass is 10.1. The van der Waals surface area contributed by atoms with Crippen LogP contribution < -0.4 is 5.32 Å². The van der Waals surface area contributed by atoms with Gasteiger partial charge in [0.2, 0.25) is 5.91 Å². The SMILES string of the molecule is CC(=O)OCCSc1nc2ccc(NC(=O)CN3C(=O)c4ccccc4C3=O)cc2s1. The molecule has 158 valence electrons. The molecule has 0 atom stereocenters. The Morgan fingerprint density at radius 2 is 1.84 bits per heavy atom. The van der Waals surface area contributed by atoms with Crippen LogP contribution in [-0.4, -0.2) is 52.5 Å². The van der Waals surface area contributed by atoms with E-state index < -0.39 is 17.7 Å². The molecule has 1 aromatic heterocycles. The lowest BCUT2D eigenvalue weighted by molar-refractivity contribution is -0.140. The topological polar surface area (TPSA) is 106 Å². The highest BCUT2D eigenvalue weighted by Gasteiger charge is 2.36. The van der Waals surface area contributed by atoms with Crippen molar-refractivity contribution in [3.05, 3.63) is 53.6 Å². The standard InChI is InChI=1S/C21H17N3O5S2/c1-12(25)29-8-9-30-21-23-16-7-6-13(10-17(16)31-21)22-18(26)11-24-19(27)14-4-2-3-5-15(14)20(24)28/h2-7,10H,8-9,11H2,1H3,(H,22,26). The molecule has 0 fully saturated rings. The van der Waals surface area contributed by atoms with Crippen LogP contribution in [0.5, 0.6) is 0 Å². The molecule has 4 rings (SSSR count). The fraction of sp³-hybridized carbons (Fsp3) is 0.190. The summed E-state index contributed by atoms with van der Waals surface area (Å²) in [5, 5.41) is 2.73. The number of amides is 3. The number of rotatable bonds is 7. The lowest BCUT2D eigenvalue weighted by Gasteiger charge is -2.13. The molecule has 1 aliphatic heterocycles. The summed E-state index contributed by atoms with van der Waals surface area (Å²) < 4.78 is 6.62. The number of thiazole rings is 1. The number of carbonyl (C=O) groups is 4. The van der Waals surface area contributed by atoms with Gasteiger partial charge in [-0.25, -0.2) is 4.98 Å². The van der Waals surface area contributed by atoms with Crippen LogP contribution in [0.4, 0.5) is 5.69 Å². The molecule has 0 bridgehead atoms. The van der Waals surface area contributed by atoms with Gasteiger partial charge in [0.25, 0.3) is 11.8 Å². The Morgan fingerprint density at radius 1 is 1.13 bits per heavy atom.